The Morgan fingerprint density at radius 1 is 1.50 bits per heavy atom. The van der Waals surface area contributed by atoms with Crippen LogP contribution in [0.15, 0.2) is 18.2 Å². The molecule has 0 aliphatic rings. The van der Waals surface area contributed by atoms with Crippen LogP contribution in [0.3, 0.4) is 0 Å². The molecule has 0 aromatic heterocycles. The van der Waals surface area contributed by atoms with Gasteiger partial charge in [-0.1, -0.05) is 52.2 Å². The number of hydrogen-bond acceptors (Lipinski definition) is 1. The molecule has 0 radical (unpaired) electrons. The van der Waals surface area contributed by atoms with Gasteiger partial charge in [-0.3, -0.25) is 4.79 Å². The number of alkyl halides is 2. The van der Waals surface area contributed by atoms with Gasteiger partial charge in [-0.25, -0.2) is 0 Å². The minimum absolute atomic E-state index is 0.233. The lowest BCUT2D eigenvalue weighted by Crippen LogP contribution is -2.31. The number of aryl methyl sites for hydroxylation is 2. The fourth-order valence-electron chi connectivity index (χ4n) is 1.33. The molecule has 1 aromatic carbocycles. The smallest absolute Gasteiger partial charge is 0.256 e. The van der Waals surface area contributed by atoms with E-state index >= 15 is 0 Å². The van der Waals surface area contributed by atoms with Crippen molar-refractivity contribution in [3.05, 3.63) is 29.3 Å². The monoisotopic (exact) mass is 303 g/mol. The van der Waals surface area contributed by atoms with Crippen LogP contribution in [-0.2, 0) is 4.79 Å². The predicted molar refractivity (Wildman–Crippen MR) is 72.3 cm³/mol. The average Bonchev–Trinajstić information content (AvgIpc) is 2.22. The first-order chi connectivity index (χ1) is 7.36. The molecule has 0 fully saturated rings. The molecule has 88 valence electrons. The molecule has 1 atom stereocenters. The van der Waals surface area contributed by atoms with E-state index in [1.165, 1.54) is 5.56 Å². The largest absolute Gasteiger partial charge is 0.324 e. The summed E-state index contributed by atoms with van der Waals surface area (Å²) < 4.78 is -1.02. The lowest BCUT2D eigenvalue weighted by atomic mass is 10.1. The van der Waals surface area contributed by atoms with Crippen molar-refractivity contribution >= 4 is 39.1 Å². The van der Waals surface area contributed by atoms with Crippen molar-refractivity contribution in [2.75, 3.05) is 5.32 Å². The van der Waals surface area contributed by atoms with E-state index < -0.39 is 3.78 Å². The molecule has 2 nitrogen and oxygen atoms in total. The summed E-state index contributed by atoms with van der Waals surface area (Å²) in [5.41, 5.74) is 3.00. The van der Waals surface area contributed by atoms with Gasteiger partial charge in [0.1, 0.15) is 0 Å². The van der Waals surface area contributed by atoms with Gasteiger partial charge in [0.15, 0.2) is 3.78 Å². The molecule has 0 aliphatic carbocycles. The number of carbonyl (C=O) groups is 1. The second-order valence-electron chi connectivity index (χ2n) is 3.83. The summed E-state index contributed by atoms with van der Waals surface area (Å²) in [5.74, 6) is -0.233. The molecule has 1 amide bonds. The summed E-state index contributed by atoms with van der Waals surface area (Å²) in [7, 11) is 0. The summed E-state index contributed by atoms with van der Waals surface area (Å²) in [6, 6.07) is 5.86. The Labute approximate surface area is 110 Å². The Balaban J connectivity index is 2.85. The van der Waals surface area contributed by atoms with Gasteiger partial charge >= 0.3 is 0 Å². The third kappa shape index (κ3) is 3.22. The summed E-state index contributed by atoms with van der Waals surface area (Å²) in [4.78, 5) is 11.8. The van der Waals surface area contributed by atoms with Gasteiger partial charge in [0.05, 0.1) is 0 Å². The maximum Gasteiger partial charge on any atom is 0.256 e. The number of anilines is 1. The molecule has 1 unspecified atom stereocenters. The number of rotatable bonds is 3. The van der Waals surface area contributed by atoms with Gasteiger partial charge in [-0.05, 0) is 31.9 Å². The standard InChI is InChI=1S/C12H15BrClNO/c1-4-12(13,14)11(16)15-10-6-5-8(2)7-9(10)3/h5-7H,4H2,1-3H3,(H,15,16). The lowest BCUT2D eigenvalue weighted by Gasteiger charge is -2.18. The predicted octanol–water partition coefficient (Wildman–Crippen LogP) is 3.98. The van der Waals surface area contributed by atoms with Crippen molar-refractivity contribution in [1.29, 1.82) is 0 Å². The molecule has 1 aromatic rings. The van der Waals surface area contributed by atoms with Crippen LogP contribution in [-0.4, -0.2) is 9.69 Å². The van der Waals surface area contributed by atoms with Crippen LogP contribution in [0.25, 0.3) is 0 Å². The normalized spacial score (nSPS) is 14.3. The third-order valence-corrected chi connectivity index (χ3v) is 3.77. The molecule has 0 aliphatic heterocycles. The minimum Gasteiger partial charge on any atom is -0.324 e. The zero-order valence-corrected chi connectivity index (χ0v) is 11.9. The molecule has 0 spiro atoms. The van der Waals surface area contributed by atoms with Gasteiger partial charge in [0.2, 0.25) is 0 Å². The van der Waals surface area contributed by atoms with E-state index in [2.05, 4.69) is 21.2 Å². The van der Waals surface area contributed by atoms with E-state index in [0.717, 1.165) is 11.3 Å². The Morgan fingerprint density at radius 2 is 2.12 bits per heavy atom. The van der Waals surface area contributed by atoms with Crippen LogP contribution in [0.2, 0.25) is 0 Å². The Bertz CT molecular complexity index is 404. The number of hydrogen-bond donors (Lipinski definition) is 1. The molecule has 16 heavy (non-hydrogen) atoms. The van der Waals surface area contributed by atoms with Crippen LogP contribution in [0.4, 0.5) is 5.69 Å². The van der Waals surface area contributed by atoms with Crippen LogP contribution >= 0.6 is 27.5 Å². The molecular weight excluding hydrogens is 289 g/mol. The fraction of sp³-hybridized carbons (Fsp3) is 0.417. The van der Waals surface area contributed by atoms with Gasteiger partial charge in [-0.2, -0.15) is 0 Å². The second-order valence-corrected chi connectivity index (χ2v) is 6.29. The van der Waals surface area contributed by atoms with Crippen molar-refractivity contribution in [2.45, 2.75) is 31.0 Å². The molecule has 0 bridgehead atoms. The van der Waals surface area contributed by atoms with Gasteiger partial charge in [-0.15, -0.1) is 0 Å². The topological polar surface area (TPSA) is 29.1 Å². The molecule has 1 N–H and O–H groups in total. The first-order valence-electron chi connectivity index (χ1n) is 5.13. The first-order valence-corrected chi connectivity index (χ1v) is 6.30. The Morgan fingerprint density at radius 3 is 2.62 bits per heavy atom. The highest BCUT2D eigenvalue weighted by atomic mass is 79.9. The highest BCUT2D eigenvalue weighted by Crippen LogP contribution is 2.29. The summed E-state index contributed by atoms with van der Waals surface area (Å²) in [6.45, 7) is 5.82. The average molecular weight is 305 g/mol. The van der Waals surface area contributed by atoms with Gasteiger partial charge in [0, 0.05) is 5.69 Å². The van der Waals surface area contributed by atoms with E-state index in [1.54, 1.807) is 0 Å². The minimum atomic E-state index is -1.02. The maximum absolute atomic E-state index is 11.8. The third-order valence-electron chi connectivity index (χ3n) is 2.41. The zero-order chi connectivity index (χ0) is 12.3. The molecule has 0 heterocycles. The lowest BCUT2D eigenvalue weighted by molar-refractivity contribution is -0.116. The van der Waals surface area contributed by atoms with Crippen molar-refractivity contribution in [2.24, 2.45) is 0 Å². The number of amides is 1. The Kier molecular flexibility index (Phi) is 4.39. The maximum atomic E-state index is 11.8. The van der Waals surface area contributed by atoms with Gasteiger partial charge in [0.25, 0.3) is 5.91 Å². The van der Waals surface area contributed by atoms with Crippen LogP contribution in [0, 0.1) is 13.8 Å². The number of carbonyl (C=O) groups excluding carboxylic acids is 1. The zero-order valence-electron chi connectivity index (χ0n) is 9.60. The number of benzene rings is 1. The van der Waals surface area contributed by atoms with E-state index in [4.69, 9.17) is 11.6 Å². The van der Waals surface area contributed by atoms with E-state index in [9.17, 15) is 4.79 Å². The van der Waals surface area contributed by atoms with Gasteiger partial charge < -0.3 is 5.32 Å². The summed E-state index contributed by atoms with van der Waals surface area (Å²) in [6.07, 6.45) is 0.519. The van der Waals surface area contributed by atoms with Crippen LogP contribution in [0.5, 0.6) is 0 Å². The summed E-state index contributed by atoms with van der Waals surface area (Å²) in [5, 5.41) is 2.81. The quantitative estimate of drug-likeness (QED) is 0.841. The molecule has 0 saturated heterocycles. The summed E-state index contributed by atoms with van der Waals surface area (Å²) >= 11 is 9.21. The molecular formula is C12H15BrClNO. The van der Waals surface area contributed by atoms with E-state index in [-0.39, 0.29) is 5.91 Å². The highest BCUT2D eigenvalue weighted by Gasteiger charge is 2.30. The fourth-order valence-corrected chi connectivity index (χ4v) is 1.47. The van der Waals surface area contributed by atoms with Crippen LogP contribution in [0.1, 0.15) is 24.5 Å². The van der Waals surface area contributed by atoms with Crippen molar-refractivity contribution in [3.63, 3.8) is 0 Å². The van der Waals surface area contributed by atoms with E-state index in [1.807, 2.05) is 39.0 Å². The number of halogens is 2. The molecule has 4 heteroatoms. The molecule has 0 saturated carbocycles. The van der Waals surface area contributed by atoms with Crippen molar-refractivity contribution in [3.8, 4) is 0 Å². The van der Waals surface area contributed by atoms with Crippen molar-refractivity contribution in [1.82, 2.24) is 0 Å². The highest BCUT2D eigenvalue weighted by molar-refractivity contribution is 9.10. The SMILES string of the molecule is CCC(Cl)(Br)C(=O)Nc1ccc(C)cc1C. The van der Waals surface area contributed by atoms with Crippen molar-refractivity contribution < 1.29 is 4.79 Å². The molecule has 1 rings (SSSR count). The first kappa shape index (κ1) is 13.5. The number of nitrogens with one attached hydrogen (secondary N) is 1. The van der Waals surface area contributed by atoms with E-state index in [0.29, 0.717) is 6.42 Å². The Hall–Kier alpha value is -0.540. The van der Waals surface area contributed by atoms with Crippen LogP contribution < -0.4 is 5.32 Å². The second kappa shape index (κ2) is 5.19.